The zero-order valence-electron chi connectivity index (χ0n) is 76.8. The molecule has 120 heavy (non-hydrogen) atoms. The summed E-state index contributed by atoms with van der Waals surface area (Å²) >= 11 is 0. The predicted octanol–water partition coefficient (Wildman–Crippen LogP) is 29.9. The van der Waals surface area contributed by atoms with Gasteiger partial charge in [0.1, 0.15) is 22.6 Å². The van der Waals surface area contributed by atoms with Crippen LogP contribution in [0, 0.1) is 0 Å². The van der Waals surface area contributed by atoms with Crippen LogP contribution >= 0.6 is 0 Å². The van der Waals surface area contributed by atoms with Crippen molar-refractivity contribution in [3.63, 3.8) is 0 Å². The van der Waals surface area contributed by atoms with E-state index in [4.69, 9.17) is 67.8 Å². The normalized spacial score (nSPS) is 12.1. The fourth-order valence-corrected chi connectivity index (χ4v) is 16.7. The molecule has 0 aliphatic carbocycles. The minimum atomic E-state index is 0.432. The average Bonchev–Trinajstić information content (AvgIpc) is 1.59. The maximum atomic E-state index is 6.72. The summed E-state index contributed by atoms with van der Waals surface area (Å²) in [6, 6.07) is 18.2. The molecule has 16 heteroatoms. The van der Waals surface area contributed by atoms with Crippen molar-refractivity contribution in [1.82, 2.24) is 39.9 Å². The third-order valence-corrected chi connectivity index (χ3v) is 24.3. The number of hydrogen-bond acceptors (Lipinski definition) is 14. The van der Waals surface area contributed by atoms with Gasteiger partial charge in [-0.25, -0.2) is 29.9 Å². The number of rotatable bonds is 72. The van der Waals surface area contributed by atoms with Gasteiger partial charge in [0.15, 0.2) is 23.3 Å². The number of aromatic nitrogens is 8. The maximum absolute atomic E-state index is 6.72. The molecule has 0 amide bonds. The number of unbranched alkanes of at least 4 members (excludes halogenated alkanes) is 40. The molecule has 2 N–H and O–H groups in total. The highest BCUT2D eigenvalue weighted by Gasteiger charge is 2.27. The van der Waals surface area contributed by atoms with Crippen molar-refractivity contribution in [2.24, 2.45) is 0 Å². The van der Waals surface area contributed by atoms with Gasteiger partial charge in [0.2, 0.25) is 0 Å². The quantitative estimate of drug-likeness (QED) is 0.0343. The SMILES string of the molecule is CCCCCCCCOCc1cc2c(cc1COCCCCCCCC)-c1nc-2nc2[nH]c(nc3nc(nc4[nH]c(n1)c1cc(COCCCCCCCC)c(COCCCCCCCC)cc41)-c1cc(COCCCCCCCC)c(COCCCCCCCC)cc1-3)c1cc(COCCCCCCCC)c(COCCCCCCCC)cc21. The molecule has 2 aliphatic heterocycles. The van der Waals surface area contributed by atoms with Gasteiger partial charge in [0.25, 0.3) is 0 Å². The molecule has 0 unspecified atom stereocenters. The van der Waals surface area contributed by atoms with E-state index < -0.39 is 0 Å². The number of benzene rings is 4. The van der Waals surface area contributed by atoms with E-state index in [2.05, 4.69) is 114 Å². The first-order valence-electron chi connectivity index (χ1n) is 49.4. The molecule has 0 fully saturated rings. The standard InChI is InChI=1S/C104H162N8O8/c1-9-17-25-33-41-49-57-113-73-81-65-89-90(66-82(81)74-114-58-50-42-34-26-18-10-2)98-105-97(89)109-99-91-67-83(75-115-59-51-43-35-27-19-11-3)84(76-116-60-52-44-36-28-20-12-4)68-92(91)101(106-99)111-103-95-71-87(79-119-63-55-47-39-31-23-15-7)88(80-120-64-56-48-40-32-24-16-8)72-96(95)104(108-103)112-102-94-70-86(78-118-62-54-46-38-30-22-14-6)85(69-93(94)100(107-102)110-98)77-117-61-53-45-37-29-21-13-5/h65-72H,9-64,73-80H2,1-8H3,(H2,105,106,107,108,109,110,111,112). The average molecular weight is 1650 g/mol. The van der Waals surface area contributed by atoms with E-state index in [0.717, 1.165) is 191 Å². The summed E-state index contributed by atoms with van der Waals surface area (Å²) in [6.07, 6.45) is 57.3. The molecule has 8 bridgehead atoms. The topological polar surface area (TPSA) is 183 Å². The zero-order chi connectivity index (χ0) is 84.1. The third kappa shape index (κ3) is 33.8. The first kappa shape index (κ1) is 97.7. The molecule has 16 nitrogen and oxygen atoms in total. The predicted molar refractivity (Wildman–Crippen MR) is 500 cm³/mol. The highest BCUT2D eigenvalue weighted by Crippen LogP contribution is 2.42. The first-order chi connectivity index (χ1) is 59.3. The molecular weight excluding hydrogens is 1490 g/mol. The Morgan fingerprint density at radius 3 is 0.475 bits per heavy atom. The van der Waals surface area contributed by atoms with Crippen molar-refractivity contribution in [2.75, 3.05) is 52.9 Å². The van der Waals surface area contributed by atoms with Crippen LogP contribution in [0.4, 0.5) is 0 Å². The number of H-pyrrole nitrogens is 2. The van der Waals surface area contributed by atoms with Crippen molar-refractivity contribution in [2.45, 2.75) is 416 Å². The van der Waals surface area contributed by atoms with E-state index in [-0.39, 0.29) is 0 Å². The summed E-state index contributed by atoms with van der Waals surface area (Å²) in [5, 5.41) is 3.61. The lowest BCUT2D eigenvalue weighted by Crippen LogP contribution is -2.04. The number of fused-ring (bicyclic) bond motifs is 20. The number of nitrogens with one attached hydrogen (secondary N) is 2. The van der Waals surface area contributed by atoms with Gasteiger partial charge in [-0.15, -0.1) is 0 Å². The molecule has 7 aromatic rings. The van der Waals surface area contributed by atoms with Crippen LogP contribution in [0.5, 0.6) is 0 Å². The Balaban J connectivity index is 1.30. The molecule has 0 atom stereocenters. The lowest BCUT2D eigenvalue weighted by atomic mass is 9.99. The Kier molecular flexibility index (Phi) is 48.6. The molecule has 0 radical (unpaired) electrons. The van der Waals surface area contributed by atoms with E-state index in [0.29, 0.717) is 152 Å². The van der Waals surface area contributed by atoms with Crippen LogP contribution in [0.1, 0.15) is 408 Å². The highest BCUT2D eigenvalue weighted by atomic mass is 16.5. The van der Waals surface area contributed by atoms with Crippen LogP contribution in [0.15, 0.2) is 48.5 Å². The monoisotopic (exact) mass is 1650 g/mol. The van der Waals surface area contributed by atoms with Crippen molar-refractivity contribution >= 4 is 44.1 Å². The number of nitrogens with zero attached hydrogens (tertiary/aromatic N) is 6. The van der Waals surface area contributed by atoms with E-state index in [1.165, 1.54) is 205 Å². The van der Waals surface area contributed by atoms with Crippen LogP contribution in [0.3, 0.4) is 0 Å². The van der Waals surface area contributed by atoms with Gasteiger partial charge in [-0.1, -0.05) is 312 Å². The number of hydrogen-bond donors (Lipinski definition) is 2. The number of aromatic amines is 2. The van der Waals surface area contributed by atoms with Gasteiger partial charge < -0.3 is 47.9 Å². The first-order valence-corrected chi connectivity index (χ1v) is 49.4. The van der Waals surface area contributed by atoms with Gasteiger partial charge in [0, 0.05) is 96.7 Å². The molecule has 3 aromatic heterocycles. The van der Waals surface area contributed by atoms with E-state index in [1.54, 1.807) is 0 Å². The highest BCUT2D eigenvalue weighted by molar-refractivity contribution is 6.07. The molecule has 2 aliphatic rings. The molecule has 4 aromatic carbocycles. The molecule has 5 heterocycles. The van der Waals surface area contributed by atoms with Crippen LogP contribution in [0.25, 0.3) is 89.7 Å². The summed E-state index contributed by atoms with van der Waals surface area (Å²) in [5.41, 5.74) is 14.5. The van der Waals surface area contributed by atoms with Crippen molar-refractivity contribution < 1.29 is 37.9 Å². The van der Waals surface area contributed by atoms with Crippen LogP contribution < -0.4 is 0 Å². The fraction of sp³-hybridized carbons (Fsp3) is 0.692. The Morgan fingerprint density at radius 2 is 0.317 bits per heavy atom. The second-order valence-corrected chi connectivity index (χ2v) is 34.8. The molecule has 0 spiro atoms. The van der Waals surface area contributed by atoms with Gasteiger partial charge in [-0.3, -0.25) is 0 Å². The Bertz CT molecular complexity index is 3640. The summed E-state index contributed by atoms with van der Waals surface area (Å²) in [6.45, 7) is 27.2. The van der Waals surface area contributed by atoms with Crippen LogP contribution in [-0.2, 0) is 90.7 Å². The zero-order valence-corrected chi connectivity index (χ0v) is 76.8. The third-order valence-electron chi connectivity index (χ3n) is 24.3. The maximum Gasteiger partial charge on any atom is 0.164 e. The smallest absolute Gasteiger partial charge is 0.164 e. The molecular formula is C104H162N8O8. The van der Waals surface area contributed by atoms with Crippen LogP contribution in [-0.4, -0.2) is 92.7 Å². The summed E-state index contributed by atoms with van der Waals surface area (Å²) in [7, 11) is 0. The van der Waals surface area contributed by atoms with Crippen molar-refractivity contribution in [3.05, 3.63) is 93.0 Å². The minimum absolute atomic E-state index is 0.432. The van der Waals surface area contributed by atoms with E-state index in [9.17, 15) is 0 Å². The molecule has 0 saturated heterocycles. The molecule has 666 valence electrons. The second-order valence-electron chi connectivity index (χ2n) is 34.8. The molecule has 9 rings (SSSR count). The van der Waals surface area contributed by atoms with Gasteiger partial charge >= 0.3 is 0 Å². The largest absolute Gasteiger partial charge is 0.377 e. The Labute approximate surface area is 725 Å². The van der Waals surface area contributed by atoms with Gasteiger partial charge in [-0.2, -0.15) is 0 Å². The van der Waals surface area contributed by atoms with Crippen molar-refractivity contribution in [1.29, 1.82) is 0 Å². The van der Waals surface area contributed by atoms with Gasteiger partial charge in [-0.05, 0) is 144 Å². The molecule has 0 saturated carbocycles. The lowest BCUT2D eigenvalue weighted by molar-refractivity contribution is 0.103. The Hall–Kier alpha value is -6.08. The fourth-order valence-electron chi connectivity index (χ4n) is 16.7. The Morgan fingerprint density at radius 1 is 0.175 bits per heavy atom. The summed E-state index contributed by atoms with van der Waals surface area (Å²) < 4.78 is 53.8. The second kappa shape index (κ2) is 59.7. The van der Waals surface area contributed by atoms with Crippen LogP contribution in [0.2, 0.25) is 0 Å². The lowest BCUT2D eigenvalue weighted by Gasteiger charge is -2.14. The van der Waals surface area contributed by atoms with Gasteiger partial charge in [0.05, 0.1) is 52.9 Å². The summed E-state index contributed by atoms with van der Waals surface area (Å²) in [5.74, 6) is 2.17. The van der Waals surface area contributed by atoms with E-state index in [1.807, 2.05) is 0 Å². The summed E-state index contributed by atoms with van der Waals surface area (Å²) in [4.78, 5) is 42.2. The van der Waals surface area contributed by atoms with Crippen molar-refractivity contribution in [3.8, 4) is 45.6 Å². The minimum Gasteiger partial charge on any atom is -0.377 e. The number of ether oxygens (including phenoxy) is 8. The van der Waals surface area contributed by atoms with E-state index >= 15 is 0 Å².